The summed E-state index contributed by atoms with van der Waals surface area (Å²) >= 11 is 12.3. The smallest absolute Gasteiger partial charge is 0.241 e. The zero-order valence-corrected chi connectivity index (χ0v) is 17.2. The number of benzene rings is 3. The van der Waals surface area contributed by atoms with E-state index in [0.29, 0.717) is 21.6 Å². The Morgan fingerprint density at radius 3 is 2.24 bits per heavy atom. The van der Waals surface area contributed by atoms with Crippen molar-refractivity contribution in [1.82, 2.24) is 9.97 Å². The van der Waals surface area contributed by atoms with Gasteiger partial charge < -0.3 is 4.74 Å². The second-order valence-electron chi connectivity index (χ2n) is 6.57. The molecule has 5 heteroatoms. The molecule has 0 aliphatic heterocycles. The lowest BCUT2D eigenvalue weighted by molar-refractivity contribution is 0.217. The van der Waals surface area contributed by atoms with Crippen LogP contribution in [0.3, 0.4) is 0 Å². The summed E-state index contributed by atoms with van der Waals surface area (Å²) in [7, 11) is 0. The number of para-hydroxylation sites is 2. The van der Waals surface area contributed by atoms with Gasteiger partial charge in [-0.15, -0.1) is 0 Å². The molecule has 144 valence electrons. The number of ether oxygens (including phenoxy) is 1. The molecule has 4 aromatic rings. The highest BCUT2D eigenvalue weighted by atomic mass is 35.5. The summed E-state index contributed by atoms with van der Waals surface area (Å²) in [6.45, 7) is 2.00. The SMILES string of the molecule is CC(Oc1nc2ccccc2nc1C=Cc1ccc(Cl)cc1Cl)c1ccccc1. The number of nitrogens with zero attached hydrogens (tertiary/aromatic N) is 2. The summed E-state index contributed by atoms with van der Waals surface area (Å²) in [5.41, 5.74) is 4.13. The van der Waals surface area contributed by atoms with Gasteiger partial charge in [-0.25, -0.2) is 9.97 Å². The van der Waals surface area contributed by atoms with E-state index < -0.39 is 0 Å². The molecule has 0 bridgehead atoms. The van der Waals surface area contributed by atoms with Crippen LogP contribution in [0.25, 0.3) is 23.2 Å². The predicted molar refractivity (Wildman–Crippen MR) is 120 cm³/mol. The van der Waals surface area contributed by atoms with Gasteiger partial charge in [0.05, 0.1) is 11.0 Å². The molecule has 0 saturated carbocycles. The molecular weight excluding hydrogens is 403 g/mol. The fourth-order valence-electron chi connectivity index (χ4n) is 2.96. The van der Waals surface area contributed by atoms with Crippen molar-refractivity contribution in [3.05, 3.63) is 99.7 Å². The molecule has 3 nitrogen and oxygen atoms in total. The third kappa shape index (κ3) is 4.58. The first-order valence-corrected chi connectivity index (χ1v) is 9.97. The molecular formula is C24H18Cl2N2O. The molecule has 0 aliphatic rings. The number of hydrogen-bond donors (Lipinski definition) is 0. The van der Waals surface area contributed by atoms with Crippen LogP contribution in [-0.2, 0) is 0 Å². The number of rotatable bonds is 5. The van der Waals surface area contributed by atoms with E-state index in [9.17, 15) is 0 Å². The van der Waals surface area contributed by atoms with Crippen LogP contribution in [0, 0.1) is 0 Å². The molecule has 4 rings (SSSR count). The first-order chi connectivity index (χ1) is 14.1. The van der Waals surface area contributed by atoms with Gasteiger partial charge in [0.1, 0.15) is 11.8 Å². The molecule has 29 heavy (non-hydrogen) atoms. The second kappa shape index (κ2) is 8.64. The first kappa shape index (κ1) is 19.4. The maximum atomic E-state index is 6.29. The van der Waals surface area contributed by atoms with Gasteiger partial charge in [-0.1, -0.05) is 77.8 Å². The number of aromatic nitrogens is 2. The Hall–Kier alpha value is -2.88. The number of hydrogen-bond acceptors (Lipinski definition) is 3. The van der Waals surface area contributed by atoms with E-state index in [1.165, 1.54) is 0 Å². The molecule has 1 atom stereocenters. The average molecular weight is 421 g/mol. The van der Waals surface area contributed by atoms with Gasteiger partial charge in [-0.05, 0) is 48.4 Å². The Kier molecular flexibility index (Phi) is 5.79. The summed E-state index contributed by atoms with van der Waals surface area (Å²) in [6, 6.07) is 23.1. The van der Waals surface area contributed by atoms with Crippen LogP contribution in [0.15, 0.2) is 72.8 Å². The molecule has 0 N–H and O–H groups in total. The van der Waals surface area contributed by atoms with Crippen LogP contribution >= 0.6 is 23.2 Å². The second-order valence-corrected chi connectivity index (χ2v) is 7.42. The highest BCUT2D eigenvalue weighted by Gasteiger charge is 2.13. The maximum Gasteiger partial charge on any atom is 0.241 e. The Balaban J connectivity index is 1.73. The minimum atomic E-state index is -0.169. The van der Waals surface area contributed by atoms with Gasteiger partial charge in [0.2, 0.25) is 5.88 Å². The Morgan fingerprint density at radius 1 is 0.828 bits per heavy atom. The normalized spacial score (nSPS) is 12.4. The molecule has 0 aliphatic carbocycles. The van der Waals surface area contributed by atoms with Gasteiger partial charge in [-0.2, -0.15) is 0 Å². The van der Waals surface area contributed by atoms with Crippen LogP contribution in [-0.4, -0.2) is 9.97 Å². The van der Waals surface area contributed by atoms with E-state index in [1.807, 2.05) is 79.7 Å². The van der Waals surface area contributed by atoms with Crippen molar-refractivity contribution in [3.8, 4) is 5.88 Å². The predicted octanol–water partition coefficient (Wildman–Crippen LogP) is 7.25. The van der Waals surface area contributed by atoms with Crippen molar-refractivity contribution in [1.29, 1.82) is 0 Å². The summed E-state index contributed by atoms with van der Waals surface area (Å²) < 4.78 is 6.20. The summed E-state index contributed by atoms with van der Waals surface area (Å²) in [6.07, 6.45) is 3.58. The Morgan fingerprint density at radius 2 is 1.52 bits per heavy atom. The zero-order chi connectivity index (χ0) is 20.2. The topological polar surface area (TPSA) is 35.0 Å². The van der Waals surface area contributed by atoms with Gasteiger partial charge >= 0.3 is 0 Å². The van der Waals surface area contributed by atoms with Crippen LogP contribution in [0.2, 0.25) is 10.0 Å². The lowest BCUT2D eigenvalue weighted by Crippen LogP contribution is -2.06. The minimum absolute atomic E-state index is 0.169. The van der Waals surface area contributed by atoms with E-state index in [2.05, 4.69) is 0 Å². The molecule has 0 saturated heterocycles. The molecule has 0 fully saturated rings. The van der Waals surface area contributed by atoms with Crippen LogP contribution in [0.1, 0.15) is 29.8 Å². The Labute approximate surface area is 179 Å². The largest absolute Gasteiger partial charge is 0.468 e. The number of fused-ring (bicyclic) bond motifs is 1. The van der Waals surface area contributed by atoms with E-state index >= 15 is 0 Å². The standard InChI is InChI=1S/C24H18Cl2N2O/c1-16(17-7-3-2-4-8-17)29-24-23(27-21-9-5-6-10-22(21)28-24)14-12-18-11-13-19(25)15-20(18)26/h2-16H,1H3. The fourth-order valence-corrected chi connectivity index (χ4v) is 3.43. The van der Waals surface area contributed by atoms with Crippen molar-refractivity contribution in [2.45, 2.75) is 13.0 Å². The molecule has 1 heterocycles. The number of halogens is 2. The molecule has 1 aromatic heterocycles. The summed E-state index contributed by atoms with van der Waals surface area (Å²) in [5.74, 6) is 0.474. The average Bonchev–Trinajstić information content (AvgIpc) is 2.73. The van der Waals surface area contributed by atoms with Crippen molar-refractivity contribution in [2.24, 2.45) is 0 Å². The maximum absolute atomic E-state index is 6.29. The van der Waals surface area contributed by atoms with E-state index in [1.54, 1.807) is 12.1 Å². The van der Waals surface area contributed by atoms with E-state index in [4.69, 9.17) is 37.9 Å². The lowest BCUT2D eigenvalue weighted by atomic mass is 10.1. The van der Waals surface area contributed by atoms with E-state index in [-0.39, 0.29) is 6.10 Å². The van der Waals surface area contributed by atoms with Crippen LogP contribution in [0.4, 0.5) is 0 Å². The van der Waals surface area contributed by atoms with Gasteiger partial charge in [0.25, 0.3) is 0 Å². The lowest BCUT2D eigenvalue weighted by Gasteiger charge is -2.16. The highest BCUT2D eigenvalue weighted by molar-refractivity contribution is 6.35. The van der Waals surface area contributed by atoms with Crippen LogP contribution < -0.4 is 4.74 Å². The highest BCUT2D eigenvalue weighted by Crippen LogP contribution is 2.28. The molecule has 0 spiro atoms. The Bertz CT molecular complexity index is 1180. The van der Waals surface area contributed by atoms with Gasteiger partial charge in [-0.3, -0.25) is 0 Å². The van der Waals surface area contributed by atoms with Crippen molar-refractivity contribution in [3.63, 3.8) is 0 Å². The van der Waals surface area contributed by atoms with Gasteiger partial charge in [0.15, 0.2) is 0 Å². The molecule has 3 aromatic carbocycles. The molecule has 1 unspecified atom stereocenters. The van der Waals surface area contributed by atoms with Crippen molar-refractivity contribution < 1.29 is 4.74 Å². The zero-order valence-electron chi connectivity index (χ0n) is 15.7. The third-order valence-corrected chi connectivity index (χ3v) is 5.07. The molecule has 0 amide bonds. The fraction of sp³-hybridized carbons (Fsp3) is 0.0833. The van der Waals surface area contributed by atoms with Crippen molar-refractivity contribution >= 4 is 46.4 Å². The molecule has 0 radical (unpaired) electrons. The quantitative estimate of drug-likeness (QED) is 0.341. The third-order valence-electron chi connectivity index (χ3n) is 4.50. The van der Waals surface area contributed by atoms with Crippen molar-refractivity contribution in [2.75, 3.05) is 0 Å². The summed E-state index contributed by atoms with van der Waals surface area (Å²) in [4.78, 5) is 9.44. The summed E-state index contributed by atoms with van der Waals surface area (Å²) in [5, 5.41) is 1.17. The van der Waals surface area contributed by atoms with E-state index in [0.717, 1.165) is 22.2 Å². The minimum Gasteiger partial charge on any atom is -0.468 e. The van der Waals surface area contributed by atoms with Gasteiger partial charge in [0, 0.05) is 10.0 Å². The monoisotopic (exact) mass is 420 g/mol. The van der Waals surface area contributed by atoms with Crippen LogP contribution in [0.5, 0.6) is 5.88 Å². The first-order valence-electron chi connectivity index (χ1n) is 9.21.